The minimum Gasteiger partial charge on any atom is -0.495 e. The quantitative estimate of drug-likeness (QED) is 0.860. The molecule has 1 aromatic heterocycles. The third-order valence-electron chi connectivity index (χ3n) is 4.72. The predicted octanol–water partition coefficient (Wildman–Crippen LogP) is 2.58. The average molecular weight is 396 g/mol. The van der Waals surface area contributed by atoms with Crippen LogP contribution in [0.25, 0.3) is 0 Å². The number of hydrogen-bond donors (Lipinski definition) is 1. The van der Waals surface area contributed by atoms with Gasteiger partial charge in [-0.25, -0.2) is 0 Å². The molecular formula is C22H28N4O3. The molecule has 0 radical (unpaired) electrons. The Balaban J connectivity index is 1.67. The van der Waals surface area contributed by atoms with E-state index in [1.807, 2.05) is 49.9 Å². The summed E-state index contributed by atoms with van der Waals surface area (Å²) >= 11 is 0. The number of pyridine rings is 1. The second-order valence-corrected chi connectivity index (χ2v) is 8.08. The minimum absolute atomic E-state index is 0.0862. The molecule has 1 aliphatic rings. The molecule has 2 aromatic rings. The third-order valence-corrected chi connectivity index (χ3v) is 4.72. The van der Waals surface area contributed by atoms with E-state index in [1.54, 1.807) is 19.2 Å². The number of amides is 2. The van der Waals surface area contributed by atoms with E-state index in [2.05, 4.69) is 15.2 Å². The van der Waals surface area contributed by atoms with Gasteiger partial charge in [-0.3, -0.25) is 14.6 Å². The molecule has 0 bridgehead atoms. The van der Waals surface area contributed by atoms with Gasteiger partial charge in [0, 0.05) is 43.5 Å². The van der Waals surface area contributed by atoms with Crippen molar-refractivity contribution >= 4 is 17.5 Å². The van der Waals surface area contributed by atoms with Crippen LogP contribution in [0.5, 0.6) is 5.75 Å². The Morgan fingerprint density at radius 3 is 2.41 bits per heavy atom. The van der Waals surface area contributed by atoms with E-state index in [0.717, 1.165) is 11.4 Å². The molecule has 1 saturated heterocycles. The monoisotopic (exact) mass is 396 g/mol. The summed E-state index contributed by atoms with van der Waals surface area (Å²) in [5.74, 6) is 0.459. The Hall–Kier alpha value is -3.09. The lowest BCUT2D eigenvalue weighted by Crippen LogP contribution is -2.49. The van der Waals surface area contributed by atoms with Gasteiger partial charge in [0.1, 0.15) is 11.4 Å². The molecule has 0 saturated carbocycles. The molecule has 154 valence electrons. The van der Waals surface area contributed by atoms with E-state index in [1.165, 1.54) is 6.20 Å². The summed E-state index contributed by atoms with van der Waals surface area (Å²) in [6.07, 6.45) is 1.51. The third kappa shape index (κ3) is 5.04. The predicted molar refractivity (Wildman–Crippen MR) is 113 cm³/mol. The van der Waals surface area contributed by atoms with Crippen LogP contribution >= 0.6 is 0 Å². The van der Waals surface area contributed by atoms with E-state index in [9.17, 15) is 9.59 Å². The van der Waals surface area contributed by atoms with Gasteiger partial charge < -0.3 is 19.9 Å². The summed E-state index contributed by atoms with van der Waals surface area (Å²) in [6, 6.07) is 11.1. The Bertz CT molecular complexity index is 884. The first kappa shape index (κ1) is 20.6. The molecule has 1 aliphatic heterocycles. The highest BCUT2D eigenvalue weighted by atomic mass is 16.5. The van der Waals surface area contributed by atoms with Crippen LogP contribution in [0.3, 0.4) is 0 Å². The lowest BCUT2D eigenvalue weighted by atomic mass is 10.1. The Morgan fingerprint density at radius 1 is 1.07 bits per heavy atom. The topological polar surface area (TPSA) is 74.8 Å². The molecule has 1 N–H and O–H groups in total. The number of nitrogens with one attached hydrogen (secondary N) is 1. The number of hydrogen-bond acceptors (Lipinski definition) is 5. The molecular weight excluding hydrogens is 368 g/mol. The Morgan fingerprint density at radius 2 is 1.76 bits per heavy atom. The summed E-state index contributed by atoms with van der Waals surface area (Å²) in [4.78, 5) is 33.5. The van der Waals surface area contributed by atoms with Gasteiger partial charge in [0.2, 0.25) is 0 Å². The maximum atomic E-state index is 12.9. The molecule has 29 heavy (non-hydrogen) atoms. The number of aromatic nitrogens is 1. The number of para-hydroxylation sites is 2. The molecule has 1 aromatic carbocycles. The van der Waals surface area contributed by atoms with E-state index in [-0.39, 0.29) is 23.0 Å². The molecule has 0 unspecified atom stereocenters. The van der Waals surface area contributed by atoms with Crippen LogP contribution < -0.4 is 15.0 Å². The molecule has 0 atom stereocenters. The number of rotatable bonds is 4. The van der Waals surface area contributed by atoms with Gasteiger partial charge in [0.15, 0.2) is 0 Å². The van der Waals surface area contributed by atoms with Crippen LogP contribution in [0.4, 0.5) is 5.69 Å². The summed E-state index contributed by atoms with van der Waals surface area (Å²) in [7, 11) is 1.66. The standard InChI is InChI=1S/C22H28N4O3/c1-22(2,3)24-20(27)17-15-16(9-10-23-17)21(28)26-13-11-25(12-14-26)18-7-5-6-8-19(18)29-4/h5-10,15H,11-14H2,1-4H3,(H,24,27). The van der Waals surface area contributed by atoms with Crippen molar-refractivity contribution in [3.63, 3.8) is 0 Å². The van der Waals surface area contributed by atoms with E-state index in [4.69, 9.17) is 4.74 Å². The van der Waals surface area contributed by atoms with Crippen LogP contribution in [0, 0.1) is 0 Å². The lowest BCUT2D eigenvalue weighted by Gasteiger charge is -2.36. The van der Waals surface area contributed by atoms with Crippen molar-refractivity contribution in [1.82, 2.24) is 15.2 Å². The van der Waals surface area contributed by atoms with E-state index >= 15 is 0 Å². The largest absolute Gasteiger partial charge is 0.495 e. The van der Waals surface area contributed by atoms with Gasteiger partial charge in [0.05, 0.1) is 12.8 Å². The molecule has 2 heterocycles. The minimum atomic E-state index is -0.367. The van der Waals surface area contributed by atoms with Gasteiger partial charge in [-0.05, 0) is 45.0 Å². The smallest absolute Gasteiger partial charge is 0.270 e. The fraction of sp³-hybridized carbons (Fsp3) is 0.409. The molecule has 3 rings (SSSR count). The van der Waals surface area contributed by atoms with E-state index < -0.39 is 0 Å². The first-order valence-electron chi connectivity index (χ1n) is 9.74. The zero-order valence-electron chi connectivity index (χ0n) is 17.4. The number of nitrogens with zero attached hydrogens (tertiary/aromatic N) is 3. The average Bonchev–Trinajstić information content (AvgIpc) is 2.72. The van der Waals surface area contributed by atoms with Crippen molar-refractivity contribution in [3.05, 3.63) is 53.9 Å². The molecule has 7 nitrogen and oxygen atoms in total. The highest BCUT2D eigenvalue weighted by Gasteiger charge is 2.25. The summed E-state index contributed by atoms with van der Waals surface area (Å²) in [6.45, 7) is 8.35. The molecule has 0 aliphatic carbocycles. The maximum Gasteiger partial charge on any atom is 0.270 e. The van der Waals surface area contributed by atoms with Crippen LogP contribution in [0.15, 0.2) is 42.6 Å². The first-order valence-corrected chi connectivity index (χ1v) is 9.74. The second kappa shape index (κ2) is 8.51. The van der Waals surface area contributed by atoms with Gasteiger partial charge in [0.25, 0.3) is 11.8 Å². The fourth-order valence-corrected chi connectivity index (χ4v) is 3.32. The number of anilines is 1. The Labute approximate surface area is 171 Å². The molecule has 2 amide bonds. The van der Waals surface area contributed by atoms with Gasteiger partial charge in [-0.2, -0.15) is 0 Å². The fourth-order valence-electron chi connectivity index (χ4n) is 3.32. The van der Waals surface area contributed by atoms with Crippen LogP contribution in [0.1, 0.15) is 41.6 Å². The summed E-state index contributed by atoms with van der Waals surface area (Å²) in [5.41, 5.74) is 1.39. The lowest BCUT2D eigenvalue weighted by molar-refractivity contribution is 0.0746. The van der Waals surface area contributed by atoms with Crippen molar-refractivity contribution in [2.24, 2.45) is 0 Å². The SMILES string of the molecule is COc1ccccc1N1CCN(C(=O)c2ccnc(C(=O)NC(C)(C)C)c2)CC1. The Kier molecular flexibility index (Phi) is 6.06. The highest BCUT2D eigenvalue weighted by Crippen LogP contribution is 2.28. The number of carbonyl (C=O) groups is 2. The van der Waals surface area contributed by atoms with Crippen LogP contribution in [-0.4, -0.2) is 60.5 Å². The van der Waals surface area contributed by atoms with Crippen LogP contribution in [0.2, 0.25) is 0 Å². The number of benzene rings is 1. The summed E-state index contributed by atoms with van der Waals surface area (Å²) < 4.78 is 5.45. The highest BCUT2D eigenvalue weighted by molar-refractivity contribution is 5.98. The number of ether oxygens (including phenoxy) is 1. The summed E-state index contributed by atoms with van der Waals surface area (Å²) in [5, 5.41) is 2.87. The molecule has 7 heteroatoms. The van der Waals surface area contributed by atoms with Gasteiger partial charge >= 0.3 is 0 Å². The van der Waals surface area contributed by atoms with E-state index in [0.29, 0.717) is 31.7 Å². The second-order valence-electron chi connectivity index (χ2n) is 8.08. The van der Waals surface area contributed by atoms with Crippen molar-refractivity contribution in [2.45, 2.75) is 26.3 Å². The number of piperazine rings is 1. The number of methoxy groups -OCH3 is 1. The van der Waals surface area contributed by atoms with Crippen molar-refractivity contribution in [3.8, 4) is 5.75 Å². The molecule has 0 spiro atoms. The van der Waals surface area contributed by atoms with Crippen molar-refractivity contribution in [1.29, 1.82) is 0 Å². The zero-order chi connectivity index (χ0) is 21.0. The van der Waals surface area contributed by atoms with Crippen molar-refractivity contribution < 1.29 is 14.3 Å². The maximum absolute atomic E-state index is 12.9. The number of carbonyl (C=O) groups excluding carboxylic acids is 2. The van der Waals surface area contributed by atoms with Crippen LogP contribution in [-0.2, 0) is 0 Å². The van der Waals surface area contributed by atoms with Crippen molar-refractivity contribution in [2.75, 3.05) is 38.2 Å². The first-order chi connectivity index (χ1) is 13.8. The van der Waals surface area contributed by atoms with Gasteiger partial charge in [-0.15, -0.1) is 0 Å². The van der Waals surface area contributed by atoms with Gasteiger partial charge in [-0.1, -0.05) is 12.1 Å². The molecule has 1 fully saturated rings. The zero-order valence-corrected chi connectivity index (χ0v) is 17.4. The normalized spacial score (nSPS) is 14.5.